The van der Waals surface area contributed by atoms with Gasteiger partial charge < -0.3 is 15.0 Å². The molecule has 3 aromatic rings. The van der Waals surface area contributed by atoms with Crippen LogP contribution in [0.1, 0.15) is 28.8 Å². The van der Waals surface area contributed by atoms with Crippen LogP contribution >= 0.6 is 0 Å². The van der Waals surface area contributed by atoms with Crippen molar-refractivity contribution in [1.29, 1.82) is 0 Å². The van der Waals surface area contributed by atoms with Crippen LogP contribution in [0.4, 0.5) is 14.5 Å². The molecule has 1 fully saturated rings. The first-order chi connectivity index (χ1) is 16.0. The highest BCUT2D eigenvalue weighted by Crippen LogP contribution is 2.22. The first-order valence-electron chi connectivity index (χ1n) is 10.8. The number of benzene rings is 3. The molecule has 3 aromatic carbocycles. The molecule has 7 heteroatoms. The van der Waals surface area contributed by atoms with Gasteiger partial charge >= 0.3 is 0 Å². The highest BCUT2D eigenvalue weighted by molar-refractivity contribution is 5.96. The molecule has 5 nitrogen and oxygen atoms in total. The molecule has 0 spiro atoms. The predicted molar refractivity (Wildman–Crippen MR) is 121 cm³/mol. The normalized spacial score (nSPS) is 15.7. The number of hydrogen-bond donors (Lipinski definition) is 1. The molecule has 1 aliphatic heterocycles. The van der Waals surface area contributed by atoms with Crippen molar-refractivity contribution in [2.75, 3.05) is 18.4 Å². The summed E-state index contributed by atoms with van der Waals surface area (Å²) in [6.07, 6.45) is 1.40. The predicted octanol–water partition coefficient (Wildman–Crippen LogP) is 5.03. The molecule has 1 aliphatic rings. The molecule has 170 valence electrons. The molecule has 1 N–H and O–H groups in total. The molecule has 4 rings (SSSR count). The van der Waals surface area contributed by atoms with Crippen LogP contribution in [0, 0.1) is 17.6 Å². The zero-order chi connectivity index (χ0) is 23.2. The number of hydrogen-bond acceptors (Lipinski definition) is 3. The van der Waals surface area contributed by atoms with Crippen LogP contribution in [0.3, 0.4) is 0 Å². The van der Waals surface area contributed by atoms with Crippen LogP contribution in [-0.2, 0) is 11.4 Å². The Balaban J connectivity index is 1.35. The summed E-state index contributed by atoms with van der Waals surface area (Å²) < 4.78 is 32.1. The molecule has 0 bridgehead atoms. The van der Waals surface area contributed by atoms with Crippen LogP contribution in [0.2, 0.25) is 0 Å². The fourth-order valence-corrected chi connectivity index (χ4v) is 3.86. The second kappa shape index (κ2) is 10.3. The molecule has 2 amide bonds. The molecule has 1 atom stereocenters. The Labute approximate surface area is 191 Å². The van der Waals surface area contributed by atoms with Crippen LogP contribution in [0.15, 0.2) is 72.8 Å². The van der Waals surface area contributed by atoms with E-state index >= 15 is 0 Å². The van der Waals surface area contributed by atoms with Gasteiger partial charge in [0.2, 0.25) is 5.91 Å². The average Bonchev–Trinajstić information content (AvgIpc) is 2.83. The fourth-order valence-electron chi connectivity index (χ4n) is 3.86. The van der Waals surface area contributed by atoms with E-state index in [1.54, 1.807) is 23.1 Å². The molecule has 0 aromatic heterocycles. The van der Waals surface area contributed by atoms with Crippen LogP contribution in [-0.4, -0.2) is 29.8 Å². The van der Waals surface area contributed by atoms with Crippen LogP contribution in [0.5, 0.6) is 5.75 Å². The molecular weight excluding hydrogens is 426 g/mol. The van der Waals surface area contributed by atoms with E-state index in [0.717, 1.165) is 5.56 Å². The minimum atomic E-state index is -0.397. The second-order valence-corrected chi connectivity index (χ2v) is 8.03. The molecule has 0 radical (unpaired) electrons. The SMILES string of the molecule is O=C(Nc1cccc(COc2cccc(F)c2)c1)C1CCCN(C(=O)c2ccc(F)cc2)C1. The summed E-state index contributed by atoms with van der Waals surface area (Å²) in [6.45, 7) is 1.11. The number of anilines is 1. The summed E-state index contributed by atoms with van der Waals surface area (Å²) in [4.78, 5) is 27.2. The number of halogens is 2. The maximum Gasteiger partial charge on any atom is 0.253 e. The minimum Gasteiger partial charge on any atom is -0.489 e. The van der Waals surface area contributed by atoms with Crippen molar-refractivity contribution in [2.45, 2.75) is 19.4 Å². The number of rotatable bonds is 6. The lowest BCUT2D eigenvalue weighted by Crippen LogP contribution is -2.43. The number of amides is 2. The minimum absolute atomic E-state index is 0.158. The van der Waals surface area contributed by atoms with Gasteiger partial charge in [-0.05, 0) is 66.9 Å². The van der Waals surface area contributed by atoms with E-state index in [1.165, 1.54) is 36.4 Å². The van der Waals surface area contributed by atoms with Crippen molar-refractivity contribution in [3.63, 3.8) is 0 Å². The third-order valence-electron chi connectivity index (χ3n) is 5.57. The van der Waals surface area contributed by atoms with Gasteiger partial charge in [-0.25, -0.2) is 8.78 Å². The van der Waals surface area contributed by atoms with Crippen LogP contribution in [0.25, 0.3) is 0 Å². The van der Waals surface area contributed by atoms with E-state index in [-0.39, 0.29) is 30.2 Å². The summed E-state index contributed by atoms with van der Waals surface area (Å²) in [7, 11) is 0. The quantitative estimate of drug-likeness (QED) is 0.573. The zero-order valence-corrected chi connectivity index (χ0v) is 18.0. The number of piperidine rings is 1. The molecule has 33 heavy (non-hydrogen) atoms. The van der Waals surface area contributed by atoms with Gasteiger partial charge in [0.05, 0.1) is 5.92 Å². The van der Waals surface area contributed by atoms with Gasteiger partial charge in [-0.15, -0.1) is 0 Å². The average molecular weight is 450 g/mol. The van der Waals surface area contributed by atoms with E-state index in [4.69, 9.17) is 4.74 Å². The standard InChI is InChI=1S/C26H24F2N2O3/c27-21-11-9-19(10-12-21)26(32)30-13-3-5-20(16-30)25(31)29-23-7-1-4-18(14-23)17-33-24-8-2-6-22(28)15-24/h1-2,4,6-12,14-15,20H,3,5,13,16-17H2,(H,29,31). The molecule has 0 saturated carbocycles. The van der Waals surface area contributed by atoms with Gasteiger partial charge in [-0.2, -0.15) is 0 Å². The van der Waals surface area contributed by atoms with E-state index in [2.05, 4.69) is 5.32 Å². The Morgan fingerprint density at radius 2 is 1.76 bits per heavy atom. The Kier molecular flexibility index (Phi) is 6.98. The highest BCUT2D eigenvalue weighted by atomic mass is 19.1. The first-order valence-corrected chi connectivity index (χ1v) is 10.8. The van der Waals surface area contributed by atoms with E-state index in [0.29, 0.717) is 42.9 Å². The Morgan fingerprint density at radius 3 is 2.55 bits per heavy atom. The maximum absolute atomic E-state index is 13.3. The van der Waals surface area contributed by atoms with Crippen molar-refractivity contribution >= 4 is 17.5 Å². The number of carbonyl (C=O) groups is 2. The van der Waals surface area contributed by atoms with Crippen molar-refractivity contribution in [1.82, 2.24) is 4.90 Å². The molecule has 1 heterocycles. The Bertz CT molecular complexity index is 1130. The maximum atomic E-state index is 13.3. The summed E-state index contributed by atoms with van der Waals surface area (Å²) in [5, 5.41) is 2.92. The van der Waals surface area contributed by atoms with Crippen molar-refractivity contribution < 1.29 is 23.1 Å². The Morgan fingerprint density at radius 1 is 0.970 bits per heavy atom. The monoisotopic (exact) mass is 450 g/mol. The lowest BCUT2D eigenvalue weighted by Gasteiger charge is -2.32. The van der Waals surface area contributed by atoms with Crippen molar-refractivity contribution in [3.8, 4) is 5.75 Å². The third kappa shape index (κ3) is 5.94. The number of likely N-dealkylation sites (tertiary alicyclic amines) is 1. The fraction of sp³-hybridized carbons (Fsp3) is 0.231. The highest BCUT2D eigenvalue weighted by Gasteiger charge is 2.29. The third-order valence-corrected chi connectivity index (χ3v) is 5.57. The lowest BCUT2D eigenvalue weighted by atomic mass is 9.96. The molecule has 0 aliphatic carbocycles. The lowest BCUT2D eigenvalue weighted by molar-refractivity contribution is -0.121. The molecule has 1 unspecified atom stereocenters. The summed E-state index contributed by atoms with van der Waals surface area (Å²) in [5.74, 6) is -1.04. The topological polar surface area (TPSA) is 58.6 Å². The second-order valence-electron chi connectivity index (χ2n) is 8.03. The zero-order valence-electron chi connectivity index (χ0n) is 18.0. The van der Waals surface area contributed by atoms with Gasteiger partial charge in [0.15, 0.2) is 0 Å². The van der Waals surface area contributed by atoms with Crippen molar-refractivity contribution in [3.05, 3.63) is 95.6 Å². The van der Waals surface area contributed by atoms with E-state index in [9.17, 15) is 18.4 Å². The van der Waals surface area contributed by atoms with Gasteiger partial charge in [-0.3, -0.25) is 9.59 Å². The summed E-state index contributed by atoms with van der Waals surface area (Å²) in [5.41, 5.74) is 1.86. The summed E-state index contributed by atoms with van der Waals surface area (Å²) >= 11 is 0. The smallest absolute Gasteiger partial charge is 0.253 e. The Hall–Kier alpha value is -3.74. The summed E-state index contributed by atoms with van der Waals surface area (Å²) in [6, 6.07) is 18.6. The van der Waals surface area contributed by atoms with Crippen LogP contribution < -0.4 is 10.1 Å². The van der Waals surface area contributed by atoms with Gasteiger partial charge in [0.25, 0.3) is 5.91 Å². The number of nitrogens with zero attached hydrogens (tertiary/aromatic N) is 1. The number of ether oxygens (including phenoxy) is 1. The number of nitrogens with one attached hydrogen (secondary N) is 1. The van der Waals surface area contributed by atoms with E-state index in [1.807, 2.05) is 18.2 Å². The van der Waals surface area contributed by atoms with Gasteiger partial charge in [0.1, 0.15) is 24.0 Å². The first kappa shape index (κ1) is 22.5. The van der Waals surface area contributed by atoms with E-state index < -0.39 is 5.82 Å². The van der Waals surface area contributed by atoms with Crippen molar-refractivity contribution in [2.24, 2.45) is 5.92 Å². The molecule has 1 saturated heterocycles. The molecular formula is C26H24F2N2O3. The largest absolute Gasteiger partial charge is 0.489 e. The van der Waals surface area contributed by atoms with Gasteiger partial charge in [-0.1, -0.05) is 18.2 Å². The number of carbonyl (C=O) groups excluding carboxylic acids is 2. The van der Waals surface area contributed by atoms with Gasteiger partial charge in [0, 0.05) is 30.4 Å².